The summed E-state index contributed by atoms with van der Waals surface area (Å²) in [5.41, 5.74) is 0. The highest BCUT2D eigenvalue weighted by Crippen LogP contribution is 2.10. The van der Waals surface area contributed by atoms with Crippen LogP contribution in [0.4, 0.5) is 4.39 Å². The van der Waals surface area contributed by atoms with Crippen LogP contribution < -0.4 is 5.32 Å². The van der Waals surface area contributed by atoms with Crippen molar-refractivity contribution in [3.05, 3.63) is 0 Å². The SMILES string of the molecule is CC(F)C1CNC1. The van der Waals surface area contributed by atoms with Gasteiger partial charge in [-0.2, -0.15) is 0 Å². The Labute approximate surface area is 42.9 Å². The first-order valence-corrected chi connectivity index (χ1v) is 2.65. The molecular weight excluding hydrogens is 93.1 g/mol. The standard InChI is InChI=1S/C5H10FN/c1-4(6)5-2-7-3-5/h4-5,7H,2-3H2,1H3. The lowest BCUT2D eigenvalue weighted by Gasteiger charge is -2.27. The summed E-state index contributed by atoms with van der Waals surface area (Å²) in [5.74, 6) is 0.306. The second-order valence-electron chi connectivity index (χ2n) is 2.10. The molecule has 0 aromatic carbocycles. The molecular formula is C5H10FN. The molecule has 1 unspecified atom stereocenters. The Balaban J connectivity index is 2.14. The molecule has 7 heavy (non-hydrogen) atoms. The van der Waals surface area contributed by atoms with Crippen LogP contribution >= 0.6 is 0 Å². The summed E-state index contributed by atoms with van der Waals surface area (Å²) < 4.78 is 12.1. The molecule has 1 rings (SSSR count). The highest BCUT2D eigenvalue weighted by atomic mass is 19.1. The van der Waals surface area contributed by atoms with Crippen LogP contribution in [-0.2, 0) is 0 Å². The Kier molecular flexibility index (Phi) is 1.28. The molecule has 1 atom stereocenters. The minimum atomic E-state index is -0.610. The van der Waals surface area contributed by atoms with Gasteiger partial charge < -0.3 is 5.32 Å². The summed E-state index contributed by atoms with van der Waals surface area (Å²) in [6.07, 6.45) is -0.610. The van der Waals surface area contributed by atoms with E-state index < -0.39 is 6.17 Å². The highest BCUT2D eigenvalue weighted by Gasteiger charge is 2.22. The van der Waals surface area contributed by atoms with Crippen molar-refractivity contribution in [1.29, 1.82) is 0 Å². The topological polar surface area (TPSA) is 12.0 Å². The Bertz CT molecular complexity index is 59.1. The van der Waals surface area contributed by atoms with Crippen molar-refractivity contribution in [2.24, 2.45) is 5.92 Å². The van der Waals surface area contributed by atoms with Gasteiger partial charge in [0.05, 0.1) is 0 Å². The summed E-state index contributed by atoms with van der Waals surface area (Å²) in [4.78, 5) is 0. The molecule has 1 heterocycles. The van der Waals surface area contributed by atoms with Gasteiger partial charge in [0.15, 0.2) is 0 Å². The number of rotatable bonds is 1. The van der Waals surface area contributed by atoms with Gasteiger partial charge in [-0.1, -0.05) is 0 Å². The normalized spacial score (nSPS) is 26.6. The Morgan fingerprint density at radius 2 is 2.29 bits per heavy atom. The fourth-order valence-electron chi connectivity index (χ4n) is 0.636. The molecule has 1 fully saturated rings. The average molecular weight is 103 g/mol. The van der Waals surface area contributed by atoms with E-state index in [1.165, 1.54) is 0 Å². The number of alkyl halides is 1. The largest absolute Gasteiger partial charge is 0.316 e. The van der Waals surface area contributed by atoms with Gasteiger partial charge in [0, 0.05) is 19.0 Å². The number of hydrogen-bond acceptors (Lipinski definition) is 1. The van der Waals surface area contributed by atoms with Crippen LogP contribution in [0.1, 0.15) is 6.92 Å². The predicted molar refractivity (Wildman–Crippen MR) is 26.9 cm³/mol. The zero-order valence-electron chi connectivity index (χ0n) is 4.45. The molecule has 0 aromatic heterocycles. The smallest absolute Gasteiger partial charge is 0.103 e. The molecule has 0 saturated carbocycles. The number of hydrogen-bond donors (Lipinski definition) is 1. The van der Waals surface area contributed by atoms with E-state index in [1.54, 1.807) is 6.92 Å². The summed E-state index contributed by atoms with van der Waals surface area (Å²) in [6, 6.07) is 0. The zero-order chi connectivity index (χ0) is 5.28. The molecule has 0 spiro atoms. The molecule has 0 amide bonds. The van der Waals surface area contributed by atoms with Crippen molar-refractivity contribution in [3.8, 4) is 0 Å². The molecule has 2 heteroatoms. The third-order valence-corrected chi connectivity index (χ3v) is 1.46. The maximum absolute atomic E-state index is 12.1. The number of halogens is 1. The summed E-state index contributed by atoms with van der Waals surface area (Å²) in [5, 5.41) is 3.00. The van der Waals surface area contributed by atoms with Gasteiger partial charge in [0.2, 0.25) is 0 Å². The van der Waals surface area contributed by atoms with E-state index in [4.69, 9.17) is 0 Å². The van der Waals surface area contributed by atoms with E-state index in [0.29, 0.717) is 5.92 Å². The second kappa shape index (κ2) is 1.78. The minimum absolute atomic E-state index is 0.306. The lowest BCUT2D eigenvalue weighted by molar-refractivity contribution is 0.186. The van der Waals surface area contributed by atoms with E-state index in [0.717, 1.165) is 13.1 Å². The van der Waals surface area contributed by atoms with Gasteiger partial charge in [-0.15, -0.1) is 0 Å². The fourth-order valence-corrected chi connectivity index (χ4v) is 0.636. The maximum Gasteiger partial charge on any atom is 0.103 e. The Hall–Kier alpha value is -0.110. The van der Waals surface area contributed by atoms with E-state index in [9.17, 15) is 4.39 Å². The van der Waals surface area contributed by atoms with Crippen molar-refractivity contribution in [2.45, 2.75) is 13.1 Å². The van der Waals surface area contributed by atoms with Crippen LogP contribution in [0.5, 0.6) is 0 Å². The second-order valence-corrected chi connectivity index (χ2v) is 2.10. The first kappa shape index (κ1) is 5.04. The van der Waals surface area contributed by atoms with Gasteiger partial charge in [0.1, 0.15) is 6.17 Å². The Morgan fingerprint density at radius 1 is 1.71 bits per heavy atom. The van der Waals surface area contributed by atoms with Crippen molar-refractivity contribution >= 4 is 0 Å². The van der Waals surface area contributed by atoms with E-state index in [2.05, 4.69) is 5.32 Å². The molecule has 1 saturated heterocycles. The van der Waals surface area contributed by atoms with Gasteiger partial charge in [-0.3, -0.25) is 0 Å². The maximum atomic E-state index is 12.1. The van der Waals surface area contributed by atoms with Crippen molar-refractivity contribution in [2.75, 3.05) is 13.1 Å². The van der Waals surface area contributed by atoms with Crippen LogP contribution in [0.3, 0.4) is 0 Å². The third-order valence-electron chi connectivity index (χ3n) is 1.46. The quantitative estimate of drug-likeness (QED) is 0.511. The predicted octanol–water partition coefficient (Wildman–Crippen LogP) is 0.564. The summed E-state index contributed by atoms with van der Waals surface area (Å²) in [7, 11) is 0. The molecule has 1 N–H and O–H groups in total. The van der Waals surface area contributed by atoms with Crippen molar-refractivity contribution < 1.29 is 4.39 Å². The van der Waals surface area contributed by atoms with Gasteiger partial charge in [0.25, 0.3) is 0 Å². The first-order valence-electron chi connectivity index (χ1n) is 2.65. The van der Waals surface area contributed by atoms with Crippen molar-refractivity contribution in [1.82, 2.24) is 5.32 Å². The number of nitrogens with one attached hydrogen (secondary N) is 1. The zero-order valence-corrected chi connectivity index (χ0v) is 4.45. The highest BCUT2D eigenvalue weighted by molar-refractivity contribution is 4.78. The van der Waals surface area contributed by atoms with Crippen LogP contribution in [0.15, 0.2) is 0 Å². The van der Waals surface area contributed by atoms with E-state index >= 15 is 0 Å². The minimum Gasteiger partial charge on any atom is -0.316 e. The summed E-state index contributed by atoms with van der Waals surface area (Å²) >= 11 is 0. The van der Waals surface area contributed by atoms with Crippen LogP contribution in [0.2, 0.25) is 0 Å². The third kappa shape index (κ3) is 0.911. The lowest BCUT2D eigenvalue weighted by atomic mass is 9.99. The van der Waals surface area contributed by atoms with Gasteiger partial charge in [-0.05, 0) is 6.92 Å². The first-order chi connectivity index (χ1) is 3.30. The monoisotopic (exact) mass is 103 g/mol. The van der Waals surface area contributed by atoms with Crippen LogP contribution in [-0.4, -0.2) is 19.3 Å². The van der Waals surface area contributed by atoms with Gasteiger partial charge >= 0.3 is 0 Å². The van der Waals surface area contributed by atoms with Crippen LogP contribution in [0.25, 0.3) is 0 Å². The molecule has 0 aromatic rings. The molecule has 0 bridgehead atoms. The molecule has 0 radical (unpaired) electrons. The molecule has 42 valence electrons. The fraction of sp³-hybridized carbons (Fsp3) is 1.00. The van der Waals surface area contributed by atoms with Crippen LogP contribution in [0, 0.1) is 5.92 Å². The van der Waals surface area contributed by atoms with Gasteiger partial charge in [-0.25, -0.2) is 4.39 Å². The lowest BCUT2D eigenvalue weighted by Crippen LogP contribution is -2.46. The van der Waals surface area contributed by atoms with Crippen molar-refractivity contribution in [3.63, 3.8) is 0 Å². The molecule has 1 nitrogen and oxygen atoms in total. The Morgan fingerprint density at radius 3 is 2.29 bits per heavy atom. The van der Waals surface area contributed by atoms with E-state index in [-0.39, 0.29) is 0 Å². The van der Waals surface area contributed by atoms with E-state index in [1.807, 2.05) is 0 Å². The molecule has 0 aliphatic carbocycles. The summed E-state index contributed by atoms with van der Waals surface area (Å²) in [6.45, 7) is 3.36. The molecule has 1 aliphatic heterocycles. The average Bonchev–Trinajstić information content (AvgIpc) is 1.23. The molecule has 1 aliphatic rings.